The van der Waals surface area contributed by atoms with Crippen LogP contribution >= 0.6 is 15.9 Å². The second-order valence-electron chi connectivity index (χ2n) is 3.23. The van der Waals surface area contributed by atoms with Gasteiger partial charge in [-0.3, -0.25) is 4.90 Å². The number of hydrogen-bond donors (Lipinski definition) is 0. The molecule has 3 nitrogen and oxygen atoms in total. The molecule has 0 atom stereocenters. The maximum Gasteiger partial charge on any atom is 0.213 e. The molecule has 0 N–H and O–H groups in total. The number of nitrogens with zero attached hydrogens (tertiary/aromatic N) is 2. The summed E-state index contributed by atoms with van der Waals surface area (Å²) < 4.78 is 5.09. The highest BCUT2D eigenvalue weighted by Gasteiger charge is 2.04. The number of halogens is 1. The summed E-state index contributed by atoms with van der Waals surface area (Å²) in [5.74, 6) is 0.683. The summed E-state index contributed by atoms with van der Waals surface area (Å²) >= 11 is 3.45. The highest BCUT2D eigenvalue weighted by Crippen LogP contribution is 2.08. The highest BCUT2D eigenvalue weighted by molar-refractivity contribution is 9.09. The van der Waals surface area contributed by atoms with Crippen LogP contribution in [0.5, 0.6) is 5.88 Å². The average molecular weight is 273 g/mol. The molecule has 0 aromatic carbocycles. The predicted octanol–water partition coefficient (Wildman–Crippen LogP) is 2.31. The largest absolute Gasteiger partial charge is 0.481 e. The first kappa shape index (κ1) is 12.5. The van der Waals surface area contributed by atoms with Crippen LogP contribution in [-0.4, -0.2) is 35.4 Å². The molecule has 84 valence electrons. The fraction of sp³-hybridized carbons (Fsp3) is 0.545. The second kappa shape index (κ2) is 6.80. The normalized spacial score (nSPS) is 10.7. The predicted molar refractivity (Wildman–Crippen MR) is 65.5 cm³/mol. The summed E-state index contributed by atoms with van der Waals surface area (Å²) in [7, 11) is 1.64. The quantitative estimate of drug-likeness (QED) is 0.744. The van der Waals surface area contributed by atoms with Gasteiger partial charge in [-0.25, -0.2) is 4.98 Å². The molecule has 4 heteroatoms. The summed E-state index contributed by atoms with van der Waals surface area (Å²) in [6, 6.07) is 5.87. The lowest BCUT2D eigenvalue weighted by molar-refractivity contribution is 0.293. The Morgan fingerprint density at radius 1 is 1.47 bits per heavy atom. The van der Waals surface area contributed by atoms with E-state index in [1.165, 1.54) is 0 Å². The Hall–Kier alpha value is -0.610. The van der Waals surface area contributed by atoms with Crippen molar-refractivity contribution in [1.82, 2.24) is 9.88 Å². The Morgan fingerprint density at radius 2 is 2.27 bits per heavy atom. The monoisotopic (exact) mass is 272 g/mol. The van der Waals surface area contributed by atoms with E-state index in [0.717, 1.165) is 30.7 Å². The van der Waals surface area contributed by atoms with E-state index in [1.807, 2.05) is 18.2 Å². The first-order chi connectivity index (χ1) is 7.30. The zero-order valence-corrected chi connectivity index (χ0v) is 10.8. The minimum absolute atomic E-state index is 0.683. The summed E-state index contributed by atoms with van der Waals surface area (Å²) in [5.41, 5.74) is 1.05. The van der Waals surface area contributed by atoms with Crippen LogP contribution in [0.25, 0.3) is 0 Å². The number of pyridine rings is 1. The van der Waals surface area contributed by atoms with Gasteiger partial charge in [0.15, 0.2) is 0 Å². The van der Waals surface area contributed by atoms with E-state index in [9.17, 15) is 0 Å². The van der Waals surface area contributed by atoms with Crippen LogP contribution in [0.3, 0.4) is 0 Å². The van der Waals surface area contributed by atoms with Gasteiger partial charge >= 0.3 is 0 Å². The van der Waals surface area contributed by atoms with E-state index < -0.39 is 0 Å². The van der Waals surface area contributed by atoms with Gasteiger partial charge in [-0.2, -0.15) is 0 Å². The average Bonchev–Trinajstić information content (AvgIpc) is 2.29. The SMILES string of the molecule is CCN(CCBr)Cc1cccc(OC)n1. The number of aromatic nitrogens is 1. The third-order valence-corrected chi connectivity index (χ3v) is 2.58. The number of ether oxygens (including phenoxy) is 1. The van der Waals surface area contributed by atoms with Crippen LogP contribution in [0.1, 0.15) is 12.6 Å². The van der Waals surface area contributed by atoms with Crippen LogP contribution in [0.4, 0.5) is 0 Å². The zero-order valence-electron chi connectivity index (χ0n) is 9.24. The second-order valence-corrected chi connectivity index (χ2v) is 4.02. The van der Waals surface area contributed by atoms with Gasteiger partial charge in [0, 0.05) is 24.5 Å². The molecule has 0 fully saturated rings. The Balaban J connectivity index is 2.61. The molecule has 0 radical (unpaired) electrons. The molecule has 1 heterocycles. The van der Waals surface area contributed by atoms with Crippen LogP contribution in [0.15, 0.2) is 18.2 Å². The van der Waals surface area contributed by atoms with E-state index in [4.69, 9.17) is 4.74 Å². The van der Waals surface area contributed by atoms with Crippen molar-refractivity contribution in [2.75, 3.05) is 25.5 Å². The smallest absolute Gasteiger partial charge is 0.213 e. The number of alkyl halides is 1. The van der Waals surface area contributed by atoms with Crippen molar-refractivity contribution >= 4 is 15.9 Å². The number of methoxy groups -OCH3 is 1. The Kier molecular flexibility index (Phi) is 5.65. The molecular formula is C11H17BrN2O. The molecule has 1 rings (SSSR count). The fourth-order valence-electron chi connectivity index (χ4n) is 1.36. The highest BCUT2D eigenvalue weighted by atomic mass is 79.9. The van der Waals surface area contributed by atoms with Crippen LogP contribution in [-0.2, 0) is 6.54 Å². The van der Waals surface area contributed by atoms with Gasteiger partial charge in [0.1, 0.15) is 0 Å². The van der Waals surface area contributed by atoms with Crippen LogP contribution in [0.2, 0.25) is 0 Å². The third-order valence-electron chi connectivity index (χ3n) is 2.22. The molecule has 0 unspecified atom stereocenters. The summed E-state index contributed by atoms with van der Waals surface area (Å²) in [5, 5.41) is 0.991. The van der Waals surface area contributed by atoms with Crippen molar-refractivity contribution in [3.8, 4) is 5.88 Å². The van der Waals surface area contributed by atoms with Gasteiger partial charge in [-0.15, -0.1) is 0 Å². The molecule has 0 bridgehead atoms. The minimum atomic E-state index is 0.683. The van der Waals surface area contributed by atoms with Gasteiger partial charge in [0.25, 0.3) is 0 Å². The third kappa shape index (κ3) is 4.18. The van der Waals surface area contributed by atoms with Crippen molar-refractivity contribution in [3.63, 3.8) is 0 Å². The Bertz CT molecular complexity index is 294. The van der Waals surface area contributed by atoms with Gasteiger partial charge < -0.3 is 4.74 Å². The van der Waals surface area contributed by atoms with E-state index >= 15 is 0 Å². The van der Waals surface area contributed by atoms with Gasteiger partial charge in [0.2, 0.25) is 5.88 Å². The van der Waals surface area contributed by atoms with Crippen LogP contribution in [0, 0.1) is 0 Å². The lowest BCUT2D eigenvalue weighted by atomic mass is 10.3. The first-order valence-electron chi connectivity index (χ1n) is 5.08. The molecule has 0 spiro atoms. The molecule has 0 amide bonds. The minimum Gasteiger partial charge on any atom is -0.481 e. The molecule has 0 saturated carbocycles. The van der Waals surface area contributed by atoms with E-state index in [2.05, 4.69) is 32.7 Å². The first-order valence-corrected chi connectivity index (χ1v) is 6.20. The van der Waals surface area contributed by atoms with Crippen LogP contribution < -0.4 is 4.74 Å². The fourth-order valence-corrected chi connectivity index (χ4v) is 1.86. The van der Waals surface area contributed by atoms with E-state index in [1.54, 1.807) is 7.11 Å². The standard InChI is InChI=1S/C11H17BrN2O/c1-3-14(8-7-12)9-10-5-4-6-11(13-10)15-2/h4-6H,3,7-9H2,1-2H3. The molecule has 0 saturated heterocycles. The molecular weight excluding hydrogens is 256 g/mol. The molecule has 1 aromatic rings. The maximum atomic E-state index is 5.09. The Morgan fingerprint density at radius 3 is 2.87 bits per heavy atom. The number of hydrogen-bond acceptors (Lipinski definition) is 3. The number of rotatable bonds is 6. The Labute approximate surface area is 99.6 Å². The summed E-state index contributed by atoms with van der Waals surface area (Å²) in [4.78, 5) is 6.71. The van der Waals surface area contributed by atoms with Crippen molar-refractivity contribution < 1.29 is 4.74 Å². The van der Waals surface area contributed by atoms with E-state index in [0.29, 0.717) is 5.88 Å². The van der Waals surface area contributed by atoms with Gasteiger partial charge in [-0.1, -0.05) is 28.9 Å². The molecule has 0 aliphatic rings. The van der Waals surface area contributed by atoms with Crippen molar-refractivity contribution in [1.29, 1.82) is 0 Å². The van der Waals surface area contributed by atoms with Crippen molar-refractivity contribution in [3.05, 3.63) is 23.9 Å². The van der Waals surface area contributed by atoms with Gasteiger partial charge in [0.05, 0.1) is 12.8 Å². The lowest BCUT2D eigenvalue weighted by Gasteiger charge is -2.18. The van der Waals surface area contributed by atoms with E-state index in [-0.39, 0.29) is 0 Å². The molecule has 0 aliphatic carbocycles. The summed E-state index contributed by atoms with van der Waals surface area (Å²) in [6.07, 6.45) is 0. The van der Waals surface area contributed by atoms with Gasteiger partial charge in [-0.05, 0) is 12.6 Å². The lowest BCUT2D eigenvalue weighted by Crippen LogP contribution is -2.25. The molecule has 0 aliphatic heterocycles. The maximum absolute atomic E-state index is 5.09. The molecule has 1 aromatic heterocycles. The van der Waals surface area contributed by atoms with Crippen molar-refractivity contribution in [2.45, 2.75) is 13.5 Å². The summed E-state index contributed by atoms with van der Waals surface area (Å²) in [6.45, 7) is 5.10. The topological polar surface area (TPSA) is 25.4 Å². The van der Waals surface area contributed by atoms with Crippen molar-refractivity contribution in [2.24, 2.45) is 0 Å². The molecule has 15 heavy (non-hydrogen) atoms. The zero-order chi connectivity index (χ0) is 11.1.